The molecular weight excluding hydrogens is 246 g/mol. The zero-order valence-corrected chi connectivity index (χ0v) is 10.9. The number of hydrogen-bond donors (Lipinski definition) is 0. The molecule has 0 atom stereocenters. The normalized spacial score (nSPS) is 10.4. The number of carbonyl (C=O) groups is 2. The van der Waals surface area contributed by atoms with Crippen LogP contribution >= 0.6 is 0 Å². The first-order chi connectivity index (χ1) is 9.17. The number of aromatic nitrogens is 1. The Morgan fingerprint density at radius 1 is 1.26 bits per heavy atom. The summed E-state index contributed by atoms with van der Waals surface area (Å²) < 4.78 is 6.29. The minimum Gasteiger partial charge on any atom is -0.466 e. The van der Waals surface area contributed by atoms with Crippen LogP contribution in [0.3, 0.4) is 0 Å². The highest BCUT2D eigenvalue weighted by Crippen LogP contribution is 2.21. The van der Waals surface area contributed by atoms with Gasteiger partial charge in [0.2, 0.25) is 0 Å². The quantitative estimate of drug-likeness (QED) is 0.468. The van der Waals surface area contributed by atoms with Gasteiger partial charge in [0.25, 0.3) is 0 Å². The highest BCUT2D eigenvalue weighted by atomic mass is 16.6. The van der Waals surface area contributed by atoms with E-state index in [4.69, 9.17) is 9.57 Å². The fraction of sp³-hybridized carbons (Fsp3) is 0.286. The summed E-state index contributed by atoms with van der Waals surface area (Å²) in [6, 6.07) is 7.37. The van der Waals surface area contributed by atoms with E-state index in [1.54, 1.807) is 13.1 Å². The third kappa shape index (κ3) is 2.59. The maximum atomic E-state index is 12.1. The number of nitrogens with zero attached hydrogens (tertiary/aromatic N) is 1. The van der Waals surface area contributed by atoms with Crippen LogP contribution < -0.4 is 4.84 Å². The van der Waals surface area contributed by atoms with E-state index < -0.39 is 5.97 Å². The Hall–Kier alpha value is -2.30. The number of hydrogen-bond acceptors (Lipinski definition) is 4. The number of Topliss-reactive ketones (excluding diaryl/α,β-unsaturated/α-hetero) is 1. The Balaban J connectivity index is 2.34. The maximum Gasteiger partial charge on any atom is 0.313 e. The lowest BCUT2D eigenvalue weighted by Gasteiger charge is -2.00. The van der Waals surface area contributed by atoms with Gasteiger partial charge in [0.1, 0.15) is 13.5 Å². The number of esters is 1. The summed E-state index contributed by atoms with van der Waals surface area (Å²) in [5.41, 5.74) is 1.25. The summed E-state index contributed by atoms with van der Waals surface area (Å²) in [6.07, 6.45) is 1.33. The van der Waals surface area contributed by atoms with E-state index in [1.807, 2.05) is 24.3 Å². The molecule has 0 unspecified atom stereocenters. The summed E-state index contributed by atoms with van der Waals surface area (Å²) in [5.74, 6) is -0.785. The highest BCUT2D eigenvalue weighted by molar-refractivity contribution is 6.13. The molecule has 0 N–H and O–H groups in total. The summed E-state index contributed by atoms with van der Waals surface area (Å²) in [6.45, 7) is 1.98. The number of para-hydroxylation sites is 1. The first-order valence-corrected chi connectivity index (χ1v) is 6.00. The second-order valence-electron chi connectivity index (χ2n) is 3.97. The molecule has 0 saturated carbocycles. The van der Waals surface area contributed by atoms with Crippen molar-refractivity contribution in [3.05, 3.63) is 36.0 Å². The average molecular weight is 261 g/mol. The van der Waals surface area contributed by atoms with Crippen molar-refractivity contribution in [2.24, 2.45) is 0 Å². The molecular formula is C14H15NO4. The molecule has 0 aliphatic carbocycles. The van der Waals surface area contributed by atoms with Gasteiger partial charge in [-0.25, -0.2) is 0 Å². The van der Waals surface area contributed by atoms with Gasteiger partial charge in [0, 0.05) is 10.9 Å². The smallest absolute Gasteiger partial charge is 0.313 e. The minimum absolute atomic E-state index is 0.258. The third-order valence-electron chi connectivity index (χ3n) is 2.79. The summed E-state index contributed by atoms with van der Waals surface area (Å²) >= 11 is 0. The van der Waals surface area contributed by atoms with Gasteiger partial charge in [-0.2, -0.15) is 4.73 Å². The molecule has 1 heterocycles. The highest BCUT2D eigenvalue weighted by Gasteiger charge is 2.18. The van der Waals surface area contributed by atoms with Crippen LogP contribution in [0, 0.1) is 0 Å². The van der Waals surface area contributed by atoms with Crippen LogP contribution in [0.15, 0.2) is 30.5 Å². The number of ketones is 1. The standard InChI is InChI=1S/C14H15NO4/c1-3-19-14(17)8-13(16)11-9-15(18-2)12-7-5-4-6-10(11)12/h4-7,9H,3,8H2,1-2H3. The molecule has 2 rings (SSSR count). The topological polar surface area (TPSA) is 57.5 Å². The lowest BCUT2D eigenvalue weighted by Crippen LogP contribution is -2.11. The molecule has 1 aromatic heterocycles. The molecule has 0 radical (unpaired) electrons. The molecule has 0 spiro atoms. The van der Waals surface area contributed by atoms with Gasteiger partial charge >= 0.3 is 5.97 Å². The molecule has 0 aliphatic rings. The van der Waals surface area contributed by atoms with Gasteiger partial charge in [-0.05, 0) is 13.0 Å². The van der Waals surface area contributed by atoms with Crippen molar-refractivity contribution in [1.29, 1.82) is 0 Å². The van der Waals surface area contributed by atoms with Gasteiger partial charge in [-0.3, -0.25) is 9.59 Å². The van der Waals surface area contributed by atoms with Gasteiger partial charge in [-0.15, -0.1) is 0 Å². The zero-order valence-electron chi connectivity index (χ0n) is 10.9. The van der Waals surface area contributed by atoms with E-state index in [0.717, 1.165) is 10.9 Å². The van der Waals surface area contributed by atoms with Crippen molar-refractivity contribution in [3.8, 4) is 0 Å². The Labute approximate surface area is 110 Å². The van der Waals surface area contributed by atoms with Crippen molar-refractivity contribution < 1.29 is 19.2 Å². The Morgan fingerprint density at radius 2 is 2.00 bits per heavy atom. The van der Waals surface area contributed by atoms with Gasteiger partial charge in [0.15, 0.2) is 5.78 Å². The van der Waals surface area contributed by atoms with Crippen LogP contribution in [0.2, 0.25) is 0 Å². The van der Waals surface area contributed by atoms with Gasteiger partial charge in [0.05, 0.1) is 18.3 Å². The lowest BCUT2D eigenvalue weighted by atomic mass is 10.1. The average Bonchev–Trinajstić information content (AvgIpc) is 2.77. The molecule has 5 heteroatoms. The van der Waals surface area contributed by atoms with E-state index in [1.165, 1.54) is 11.8 Å². The van der Waals surface area contributed by atoms with Crippen molar-refractivity contribution >= 4 is 22.7 Å². The monoisotopic (exact) mass is 261 g/mol. The second kappa shape index (κ2) is 5.56. The predicted octanol–water partition coefficient (Wildman–Crippen LogP) is 1.84. The van der Waals surface area contributed by atoms with Crippen molar-refractivity contribution in [3.63, 3.8) is 0 Å². The molecule has 19 heavy (non-hydrogen) atoms. The molecule has 0 fully saturated rings. The van der Waals surface area contributed by atoms with Crippen LogP contribution in [0.1, 0.15) is 23.7 Å². The first kappa shape index (κ1) is 13.1. The molecule has 0 bridgehead atoms. The van der Waals surface area contributed by atoms with E-state index in [-0.39, 0.29) is 18.8 Å². The van der Waals surface area contributed by atoms with Crippen LogP contribution in [-0.4, -0.2) is 30.2 Å². The number of ether oxygens (including phenoxy) is 1. The van der Waals surface area contributed by atoms with E-state index in [0.29, 0.717) is 5.56 Å². The maximum absolute atomic E-state index is 12.1. The molecule has 0 saturated heterocycles. The van der Waals surface area contributed by atoms with Gasteiger partial charge in [-0.1, -0.05) is 18.2 Å². The van der Waals surface area contributed by atoms with E-state index in [2.05, 4.69) is 0 Å². The van der Waals surface area contributed by atoms with Gasteiger partial charge < -0.3 is 9.57 Å². The SMILES string of the molecule is CCOC(=O)CC(=O)c1cn(OC)c2ccccc12. The second-order valence-corrected chi connectivity index (χ2v) is 3.97. The molecule has 1 aromatic carbocycles. The third-order valence-corrected chi connectivity index (χ3v) is 2.79. The Bertz CT molecular complexity index is 615. The fourth-order valence-electron chi connectivity index (χ4n) is 1.96. The number of rotatable bonds is 5. The van der Waals surface area contributed by atoms with Crippen molar-refractivity contribution in [2.45, 2.75) is 13.3 Å². The number of benzene rings is 1. The van der Waals surface area contributed by atoms with Crippen molar-refractivity contribution in [2.75, 3.05) is 13.7 Å². The summed E-state index contributed by atoms with van der Waals surface area (Å²) in [5, 5.41) is 0.763. The predicted molar refractivity (Wildman–Crippen MR) is 70.0 cm³/mol. The van der Waals surface area contributed by atoms with Crippen LogP contribution in [0.25, 0.3) is 10.9 Å². The molecule has 2 aromatic rings. The molecule has 0 aliphatic heterocycles. The zero-order chi connectivity index (χ0) is 13.8. The van der Waals surface area contributed by atoms with E-state index >= 15 is 0 Å². The minimum atomic E-state index is -0.512. The Kier molecular flexibility index (Phi) is 3.85. The van der Waals surface area contributed by atoms with Crippen molar-refractivity contribution in [1.82, 2.24) is 4.73 Å². The van der Waals surface area contributed by atoms with E-state index in [9.17, 15) is 9.59 Å². The van der Waals surface area contributed by atoms with Crippen LogP contribution in [0.4, 0.5) is 0 Å². The van der Waals surface area contributed by atoms with Crippen LogP contribution in [0.5, 0.6) is 0 Å². The fourth-order valence-corrected chi connectivity index (χ4v) is 1.96. The largest absolute Gasteiger partial charge is 0.466 e. The van der Waals surface area contributed by atoms with Crippen LogP contribution in [-0.2, 0) is 9.53 Å². The summed E-state index contributed by atoms with van der Waals surface area (Å²) in [4.78, 5) is 28.6. The first-order valence-electron chi connectivity index (χ1n) is 6.00. The number of fused-ring (bicyclic) bond motifs is 1. The molecule has 100 valence electrons. The number of carbonyl (C=O) groups excluding carboxylic acids is 2. The Morgan fingerprint density at radius 3 is 2.68 bits per heavy atom. The summed E-state index contributed by atoms with van der Waals surface area (Å²) in [7, 11) is 1.52. The lowest BCUT2D eigenvalue weighted by molar-refractivity contribution is -0.141. The molecule has 5 nitrogen and oxygen atoms in total. The molecule has 0 amide bonds.